The fraction of sp³-hybridized carbons (Fsp3) is 0.208. The molecular formula is C24H23F3N4O2. The van der Waals surface area contributed by atoms with Crippen LogP contribution in [0.1, 0.15) is 35.3 Å². The summed E-state index contributed by atoms with van der Waals surface area (Å²) >= 11 is 0. The SMILES string of the molecule is C=C(C)c1cnc(-c2cccc(C(F)(F)F)c2)cc1Nc1ccncc1C(=O)NC[C@H](C)O. The van der Waals surface area contributed by atoms with Crippen molar-refractivity contribution < 1.29 is 23.1 Å². The molecule has 1 atom stereocenters. The Morgan fingerprint density at radius 2 is 1.91 bits per heavy atom. The Morgan fingerprint density at radius 3 is 2.58 bits per heavy atom. The number of pyridine rings is 2. The number of amides is 1. The molecule has 2 heterocycles. The number of hydrogen-bond acceptors (Lipinski definition) is 5. The lowest BCUT2D eigenvalue weighted by Gasteiger charge is -2.16. The van der Waals surface area contributed by atoms with Gasteiger partial charge in [0.1, 0.15) is 0 Å². The molecule has 1 aromatic carbocycles. The third kappa shape index (κ3) is 5.95. The van der Waals surface area contributed by atoms with Crippen LogP contribution in [0, 0.1) is 0 Å². The molecular weight excluding hydrogens is 433 g/mol. The molecule has 3 aromatic rings. The molecule has 0 bridgehead atoms. The summed E-state index contributed by atoms with van der Waals surface area (Å²) in [7, 11) is 0. The highest BCUT2D eigenvalue weighted by Gasteiger charge is 2.30. The number of benzene rings is 1. The lowest BCUT2D eigenvalue weighted by Crippen LogP contribution is -2.31. The number of aliphatic hydroxyl groups is 1. The van der Waals surface area contributed by atoms with Gasteiger partial charge in [0, 0.05) is 41.9 Å². The van der Waals surface area contributed by atoms with Crippen LogP contribution in [0.3, 0.4) is 0 Å². The van der Waals surface area contributed by atoms with Gasteiger partial charge in [-0.25, -0.2) is 0 Å². The molecule has 2 aromatic heterocycles. The van der Waals surface area contributed by atoms with Crippen LogP contribution in [0.5, 0.6) is 0 Å². The number of allylic oxidation sites excluding steroid dienone is 1. The molecule has 0 aliphatic carbocycles. The van der Waals surface area contributed by atoms with Crippen LogP contribution in [0.2, 0.25) is 0 Å². The normalized spacial score (nSPS) is 12.2. The zero-order chi connectivity index (χ0) is 24.2. The molecule has 0 fully saturated rings. The van der Waals surface area contributed by atoms with Gasteiger partial charge in [0.25, 0.3) is 5.91 Å². The Kier molecular flexibility index (Phi) is 7.13. The van der Waals surface area contributed by atoms with Gasteiger partial charge in [-0.15, -0.1) is 0 Å². The van der Waals surface area contributed by atoms with E-state index in [0.717, 1.165) is 12.1 Å². The van der Waals surface area contributed by atoms with E-state index >= 15 is 0 Å². The fourth-order valence-corrected chi connectivity index (χ4v) is 3.08. The lowest BCUT2D eigenvalue weighted by molar-refractivity contribution is -0.137. The summed E-state index contributed by atoms with van der Waals surface area (Å²) in [5, 5.41) is 15.2. The number of halogens is 3. The topological polar surface area (TPSA) is 87.1 Å². The quantitative estimate of drug-likeness (QED) is 0.463. The summed E-state index contributed by atoms with van der Waals surface area (Å²) in [5.41, 5.74) is 2.34. The average molecular weight is 456 g/mol. The van der Waals surface area contributed by atoms with Gasteiger partial charge in [0.15, 0.2) is 0 Å². The highest BCUT2D eigenvalue weighted by molar-refractivity contribution is 6.00. The monoisotopic (exact) mass is 456 g/mol. The zero-order valence-electron chi connectivity index (χ0n) is 18.1. The van der Waals surface area contributed by atoms with Crippen molar-refractivity contribution in [3.8, 4) is 11.3 Å². The van der Waals surface area contributed by atoms with Crippen molar-refractivity contribution in [3.63, 3.8) is 0 Å². The molecule has 0 radical (unpaired) electrons. The van der Waals surface area contributed by atoms with Gasteiger partial charge in [-0.05, 0) is 43.7 Å². The van der Waals surface area contributed by atoms with Crippen molar-refractivity contribution >= 4 is 22.9 Å². The Hall–Kier alpha value is -3.72. The third-order valence-electron chi connectivity index (χ3n) is 4.74. The van der Waals surface area contributed by atoms with Crippen molar-refractivity contribution in [1.82, 2.24) is 15.3 Å². The zero-order valence-corrected chi connectivity index (χ0v) is 18.1. The van der Waals surface area contributed by atoms with Gasteiger partial charge in [-0.3, -0.25) is 14.8 Å². The smallest absolute Gasteiger partial charge is 0.392 e. The Labute approximate surface area is 189 Å². The van der Waals surface area contributed by atoms with E-state index in [9.17, 15) is 23.1 Å². The Morgan fingerprint density at radius 1 is 1.15 bits per heavy atom. The third-order valence-corrected chi connectivity index (χ3v) is 4.74. The number of hydrogen-bond donors (Lipinski definition) is 3. The van der Waals surface area contributed by atoms with Gasteiger partial charge in [-0.2, -0.15) is 13.2 Å². The molecule has 3 rings (SSSR count). The maximum atomic E-state index is 13.1. The number of aromatic nitrogens is 2. The van der Waals surface area contributed by atoms with Gasteiger partial charge < -0.3 is 15.7 Å². The molecule has 3 N–H and O–H groups in total. The molecule has 0 aliphatic rings. The van der Waals surface area contributed by atoms with E-state index in [-0.39, 0.29) is 12.1 Å². The van der Waals surface area contributed by atoms with E-state index in [4.69, 9.17) is 0 Å². The van der Waals surface area contributed by atoms with Crippen molar-refractivity contribution in [1.29, 1.82) is 0 Å². The second kappa shape index (κ2) is 9.83. The van der Waals surface area contributed by atoms with Gasteiger partial charge in [0.2, 0.25) is 0 Å². The Bertz CT molecular complexity index is 1180. The lowest BCUT2D eigenvalue weighted by atomic mass is 10.0. The first-order valence-corrected chi connectivity index (χ1v) is 10.1. The predicted octanol–water partition coefficient (Wildman–Crippen LogP) is 5.05. The minimum absolute atomic E-state index is 0.0686. The maximum Gasteiger partial charge on any atom is 0.416 e. The Balaban J connectivity index is 2.01. The van der Waals surface area contributed by atoms with E-state index in [2.05, 4.69) is 27.2 Å². The first-order valence-electron chi connectivity index (χ1n) is 10.1. The minimum atomic E-state index is -4.47. The predicted molar refractivity (Wildman–Crippen MR) is 121 cm³/mol. The number of carbonyl (C=O) groups is 1. The molecule has 33 heavy (non-hydrogen) atoms. The van der Waals surface area contributed by atoms with Crippen LogP contribution in [0.25, 0.3) is 16.8 Å². The summed E-state index contributed by atoms with van der Waals surface area (Å²) in [6.07, 6.45) is -0.778. The molecule has 0 saturated carbocycles. The first-order chi connectivity index (χ1) is 15.6. The van der Waals surface area contributed by atoms with Crippen molar-refractivity contribution in [2.24, 2.45) is 0 Å². The number of nitrogens with one attached hydrogen (secondary N) is 2. The number of alkyl halides is 3. The van der Waals surface area contributed by atoms with Crippen molar-refractivity contribution in [2.45, 2.75) is 26.1 Å². The average Bonchev–Trinajstić information content (AvgIpc) is 2.77. The second-order valence-corrected chi connectivity index (χ2v) is 7.58. The number of rotatable bonds is 7. The summed E-state index contributed by atoms with van der Waals surface area (Å²) in [4.78, 5) is 20.9. The molecule has 0 saturated heterocycles. The van der Waals surface area contributed by atoms with Gasteiger partial charge >= 0.3 is 6.18 Å². The largest absolute Gasteiger partial charge is 0.416 e. The molecule has 0 aliphatic heterocycles. The second-order valence-electron chi connectivity index (χ2n) is 7.58. The number of nitrogens with zero attached hydrogens (tertiary/aromatic N) is 2. The summed E-state index contributed by atoms with van der Waals surface area (Å²) in [6, 6.07) is 8.12. The molecule has 6 nitrogen and oxygen atoms in total. The molecule has 0 spiro atoms. The number of anilines is 2. The van der Waals surface area contributed by atoms with Crippen LogP contribution in [0.4, 0.5) is 24.5 Å². The maximum absolute atomic E-state index is 13.1. The fourth-order valence-electron chi connectivity index (χ4n) is 3.08. The number of aliphatic hydroxyl groups excluding tert-OH is 1. The molecule has 1 amide bonds. The van der Waals surface area contributed by atoms with Crippen LogP contribution in [-0.2, 0) is 6.18 Å². The summed E-state index contributed by atoms with van der Waals surface area (Å²) in [6.45, 7) is 7.33. The molecule has 0 unspecified atom stereocenters. The summed E-state index contributed by atoms with van der Waals surface area (Å²) < 4.78 is 39.4. The van der Waals surface area contributed by atoms with Crippen LogP contribution < -0.4 is 10.6 Å². The van der Waals surface area contributed by atoms with E-state index in [1.807, 2.05) is 0 Å². The van der Waals surface area contributed by atoms with Crippen LogP contribution in [-0.4, -0.2) is 33.6 Å². The van der Waals surface area contributed by atoms with Gasteiger partial charge in [-0.1, -0.05) is 18.7 Å². The molecule has 9 heteroatoms. The van der Waals surface area contributed by atoms with Crippen LogP contribution >= 0.6 is 0 Å². The van der Waals surface area contributed by atoms with Crippen molar-refractivity contribution in [3.05, 3.63) is 78.3 Å². The minimum Gasteiger partial charge on any atom is -0.392 e. The van der Waals surface area contributed by atoms with E-state index in [0.29, 0.717) is 33.8 Å². The van der Waals surface area contributed by atoms with Crippen molar-refractivity contribution in [2.75, 3.05) is 11.9 Å². The van der Waals surface area contributed by atoms with Crippen LogP contribution in [0.15, 0.2) is 61.6 Å². The van der Waals surface area contributed by atoms with E-state index in [1.54, 1.807) is 32.0 Å². The first kappa shape index (κ1) is 23.9. The highest BCUT2D eigenvalue weighted by atomic mass is 19.4. The number of carbonyl (C=O) groups excluding carboxylic acids is 1. The van der Waals surface area contributed by atoms with E-state index in [1.165, 1.54) is 24.7 Å². The highest BCUT2D eigenvalue weighted by Crippen LogP contribution is 2.34. The van der Waals surface area contributed by atoms with Gasteiger partial charge in [0.05, 0.1) is 28.6 Å². The summed E-state index contributed by atoms with van der Waals surface area (Å²) in [5.74, 6) is -0.435. The molecule has 172 valence electrons. The van der Waals surface area contributed by atoms with E-state index < -0.39 is 23.8 Å². The standard InChI is InChI=1S/C24H23F3N4O2/c1-14(2)18-13-29-21(16-5-4-6-17(9-16)24(25,26)27)10-22(18)31-20-7-8-28-12-19(20)23(33)30-11-15(3)32/h4-10,12-13,15,32H,1,11H2,2-3H3,(H,30,33)(H,28,29,31)/t15-/m0/s1.